The number of anilines is 1. The van der Waals surface area contributed by atoms with E-state index >= 15 is 0 Å². The SMILES string of the molecule is CS(=O)(=O)N1Cc2ccccc2C[C@@H]1C(=O)OCC(=O)Nc1ccc2ccccc2c1. The van der Waals surface area contributed by atoms with E-state index in [0.29, 0.717) is 5.69 Å². The fourth-order valence-electron chi connectivity index (χ4n) is 3.75. The summed E-state index contributed by atoms with van der Waals surface area (Å²) in [5, 5.41) is 4.72. The molecule has 0 fully saturated rings. The van der Waals surface area contributed by atoms with Gasteiger partial charge in [0.1, 0.15) is 6.04 Å². The molecule has 8 heteroatoms. The van der Waals surface area contributed by atoms with Crippen molar-refractivity contribution in [1.29, 1.82) is 0 Å². The third-order valence-electron chi connectivity index (χ3n) is 5.28. The number of rotatable bonds is 5. The van der Waals surface area contributed by atoms with Crippen LogP contribution in [-0.4, -0.2) is 43.5 Å². The number of benzene rings is 3. The third kappa shape index (κ3) is 4.76. The van der Waals surface area contributed by atoms with Gasteiger partial charge in [-0.3, -0.25) is 9.59 Å². The maximum Gasteiger partial charge on any atom is 0.325 e. The fourth-order valence-corrected chi connectivity index (χ4v) is 4.74. The summed E-state index contributed by atoms with van der Waals surface area (Å²) in [5.41, 5.74) is 2.33. The van der Waals surface area contributed by atoms with E-state index in [2.05, 4.69) is 5.32 Å². The maximum atomic E-state index is 12.7. The van der Waals surface area contributed by atoms with Gasteiger partial charge >= 0.3 is 5.97 Å². The molecule has 31 heavy (non-hydrogen) atoms. The molecule has 0 spiro atoms. The number of amides is 1. The van der Waals surface area contributed by atoms with Crippen molar-refractivity contribution in [2.45, 2.75) is 19.0 Å². The minimum Gasteiger partial charge on any atom is -0.454 e. The van der Waals surface area contributed by atoms with Crippen molar-refractivity contribution in [2.24, 2.45) is 0 Å². The predicted molar refractivity (Wildman–Crippen MR) is 118 cm³/mol. The Hall–Kier alpha value is -3.23. The van der Waals surface area contributed by atoms with Gasteiger partial charge in [-0.1, -0.05) is 54.6 Å². The molecule has 4 rings (SSSR count). The zero-order valence-electron chi connectivity index (χ0n) is 16.9. The molecule has 1 atom stereocenters. The van der Waals surface area contributed by atoms with Crippen molar-refractivity contribution < 1.29 is 22.7 Å². The van der Waals surface area contributed by atoms with Crippen molar-refractivity contribution in [2.75, 3.05) is 18.2 Å². The minimum absolute atomic E-state index is 0.0953. The normalized spacial score (nSPS) is 16.5. The highest BCUT2D eigenvalue weighted by atomic mass is 32.2. The Morgan fingerprint density at radius 2 is 1.68 bits per heavy atom. The number of hydrogen-bond donors (Lipinski definition) is 1. The molecule has 0 radical (unpaired) electrons. The lowest BCUT2D eigenvalue weighted by atomic mass is 9.96. The average Bonchev–Trinajstić information content (AvgIpc) is 2.76. The van der Waals surface area contributed by atoms with Gasteiger partial charge in [-0.2, -0.15) is 4.31 Å². The summed E-state index contributed by atoms with van der Waals surface area (Å²) >= 11 is 0. The number of hydrogen-bond acceptors (Lipinski definition) is 5. The number of nitrogens with zero attached hydrogens (tertiary/aromatic N) is 1. The number of sulfonamides is 1. The highest BCUT2D eigenvalue weighted by molar-refractivity contribution is 7.88. The second kappa shape index (κ2) is 8.49. The lowest BCUT2D eigenvalue weighted by Crippen LogP contribution is -2.49. The molecule has 1 aliphatic heterocycles. The molecule has 160 valence electrons. The van der Waals surface area contributed by atoms with Crippen LogP contribution in [0.1, 0.15) is 11.1 Å². The summed E-state index contributed by atoms with van der Waals surface area (Å²) in [7, 11) is -3.64. The lowest BCUT2D eigenvalue weighted by Gasteiger charge is -2.33. The summed E-state index contributed by atoms with van der Waals surface area (Å²) in [5.74, 6) is -1.24. The van der Waals surface area contributed by atoms with Crippen LogP contribution in [0.5, 0.6) is 0 Å². The number of fused-ring (bicyclic) bond motifs is 2. The molecule has 0 saturated carbocycles. The minimum atomic E-state index is -3.64. The molecule has 0 unspecified atom stereocenters. The number of ether oxygens (including phenoxy) is 1. The van der Waals surface area contributed by atoms with Gasteiger partial charge in [0.2, 0.25) is 10.0 Å². The summed E-state index contributed by atoms with van der Waals surface area (Å²) in [6, 6.07) is 19.6. The van der Waals surface area contributed by atoms with Gasteiger partial charge in [0.15, 0.2) is 6.61 Å². The number of esters is 1. The molecule has 1 aliphatic rings. The second-order valence-electron chi connectivity index (χ2n) is 7.51. The molecule has 3 aromatic rings. The smallest absolute Gasteiger partial charge is 0.325 e. The third-order valence-corrected chi connectivity index (χ3v) is 6.52. The quantitative estimate of drug-likeness (QED) is 0.619. The van der Waals surface area contributed by atoms with E-state index in [1.165, 1.54) is 0 Å². The lowest BCUT2D eigenvalue weighted by molar-refractivity contribution is -0.151. The highest BCUT2D eigenvalue weighted by Gasteiger charge is 2.38. The molecule has 0 bridgehead atoms. The van der Waals surface area contributed by atoms with Crippen LogP contribution < -0.4 is 5.32 Å². The second-order valence-corrected chi connectivity index (χ2v) is 9.45. The zero-order chi connectivity index (χ0) is 22.0. The topological polar surface area (TPSA) is 92.8 Å². The maximum absolute atomic E-state index is 12.7. The van der Waals surface area contributed by atoms with Crippen molar-refractivity contribution >= 4 is 38.4 Å². The zero-order valence-corrected chi connectivity index (χ0v) is 17.8. The van der Waals surface area contributed by atoms with Crippen LogP contribution in [-0.2, 0) is 37.3 Å². The van der Waals surface area contributed by atoms with E-state index in [1.807, 2.05) is 60.7 Å². The van der Waals surface area contributed by atoms with Crippen molar-refractivity contribution in [3.63, 3.8) is 0 Å². The largest absolute Gasteiger partial charge is 0.454 e. The summed E-state index contributed by atoms with van der Waals surface area (Å²) in [6.45, 7) is -0.403. The Morgan fingerprint density at radius 3 is 2.42 bits per heavy atom. The van der Waals surface area contributed by atoms with Crippen LogP contribution in [0, 0.1) is 0 Å². The molecule has 0 aromatic heterocycles. The first kappa shape index (κ1) is 21.0. The fraction of sp³-hybridized carbons (Fsp3) is 0.217. The first-order chi connectivity index (χ1) is 14.8. The van der Waals surface area contributed by atoms with E-state index < -0.39 is 34.5 Å². The number of carbonyl (C=O) groups excluding carboxylic acids is 2. The summed E-state index contributed by atoms with van der Waals surface area (Å²) in [6.07, 6.45) is 1.27. The Bertz CT molecular complexity index is 1260. The molecule has 1 amide bonds. The van der Waals surface area contributed by atoms with Crippen LogP contribution in [0.4, 0.5) is 5.69 Å². The first-order valence-corrected chi connectivity index (χ1v) is 11.6. The number of carbonyl (C=O) groups is 2. The van der Waals surface area contributed by atoms with Gasteiger partial charge < -0.3 is 10.1 Å². The molecule has 0 saturated heterocycles. The standard InChI is InChI=1S/C23H22N2O5S/c1-31(28,29)25-14-19-9-5-4-8-18(19)13-21(25)23(27)30-15-22(26)24-20-11-10-16-6-2-3-7-17(16)12-20/h2-12,21H,13-15H2,1H3,(H,24,26)/t21-/m1/s1. The van der Waals surface area contributed by atoms with Crippen LogP contribution in [0.15, 0.2) is 66.7 Å². The molecule has 0 aliphatic carbocycles. The van der Waals surface area contributed by atoms with Gasteiger partial charge in [0.25, 0.3) is 5.91 Å². The van der Waals surface area contributed by atoms with E-state index in [4.69, 9.17) is 4.74 Å². The van der Waals surface area contributed by atoms with E-state index in [-0.39, 0.29) is 13.0 Å². The van der Waals surface area contributed by atoms with Crippen LogP contribution in [0.3, 0.4) is 0 Å². The summed E-state index contributed by atoms with van der Waals surface area (Å²) < 4.78 is 30.8. The van der Waals surface area contributed by atoms with Crippen LogP contribution in [0.2, 0.25) is 0 Å². The van der Waals surface area contributed by atoms with Crippen LogP contribution in [0.25, 0.3) is 10.8 Å². The Kier molecular flexibility index (Phi) is 5.75. The molecular formula is C23H22N2O5S. The Labute approximate surface area is 180 Å². The number of nitrogens with one attached hydrogen (secondary N) is 1. The van der Waals surface area contributed by atoms with Gasteiger partial charge in [0.05, 0.1) is 6.26 Å². The van der Waals surface area contributed by atoms with Crippen molar-refractivity contribution in [3.05, 3.63) is 77.9 Å². The van der Waals surface area contributed by atoms with Gasteiger partial charge in [-0.15, -0.1) is 0 Å². The van der Waals surface area contributed by atoms with Gasteiger partial charge in [0, 0.05) is 18.7 Å². The molecular weight excluding hydrogens is 416 g/mol. The molecule has 3 aromatic carbocycles. The van der Waals surface area contributed by atoms with Gasteiger partial charge in [-0.05, 0) is 34.0 Å². The summed E-state index contributed by atoms with van der Waals surface area (Å²) in [4.78, 5) is 25.0. The predicted octanol–water partition coefficient (Wildman–Crippen LogP) is 2.71. The van der Waals surface area contributed by atoms with Gasteiger partial charge in [-0.25, -0.2) is 8.42 Å². The van der Waals surface area contributed by atoms with E-state index in [1.54, 1.807) is 6.07 Å². The van der Waals surface area contributed by atoms with E-state index in [0.717, 1.165) is 32.5 Å². The van der Waals surface area contributed by atoms with E-state index in [9.17, 15) is 18.0 Å². The van der Waals surface area contributed by atoms with Crippen LogP contribution >= 0.6 is 0 Å². The molecule has 1 heterocycles. The first-order valence-electron chi connectivity index (χ1n) is 9.80. The Morgan fingerprint density at radius 1 is 1.00 bits per heavy atom. The van der Waals surface area contributed by atoms with Crippen molar-refractivity contribution in [1.82, 2.24) is 4.31 Å². The molecule has 7 nitrogen and oxygen atoms in total. The molecule has 1 N–H and O–H groups in total. The highest BCUT2D eigenvalue weighted by Crippen LogP contribution is 2.26. The monoisotopic (exact) mass is 438 g/mol. The Balaban J connectivity index is 1.42. The van der Waals surface area contributed by atoms with Crippen molar-refractivity contribution in [3.8, 4) is 0 Å². The average molecular weight is 439 g/mol.